The fourth-order valence-corrected chi connectivity index (χ4v) is 2.61. The topological polar surface area (TPSA) is 111 Å². The van der Waals surface area contributed by atoms with Crippen LogP contribution in [0.4, 0.5) is 17.1 Å². The quantitative estimate of drug-likeness (QED) is 0.665. The van der Waals surface area contributed by atoms with Crippen molar-refractivity contribution in [2.75, 3.05) is 5.43 Å². The lowest BCUT2D eigenvalue weighted by Crippen LogP contribution is -2.09. The van der Waals surface area contributed by atoms with Crippen LogP contribution in [0.2, 0.25) is 0 Å². The van der Waals surface area contributed by atoms with Crippen molar-refractivity contribution in [2.24, 2.45) is 11.0 Å². The SMILES string of the molecule is CC(C)=C1CCC(C)/C1=N\Nc1ccc([N+](=O)[O-])cc1[N+](=O)[O-]. The number of non-ortho nitro benzene ring substituents is 1. The molecule has 1 atom stereocenters. The van der Waals surface area contributed by atoms with Crippen molar-refractivity contribution in [3.63, 3.8) is 0 Å². The summed E-state index contributed by atoms with van der Waals surface area (Å²) in [5.41, 5.74) is 5.38. The van der Waals surface area contributed by atoms with E-state index in [0.717, 1.165) is 30.2 Å². The molecule has 1 fully saturated rings. The molecule has 23 heavy (non-hydrogen) atoms. The number of benzene rings is 1. The number of nitro groups is 2. The zero-order valence-corrected chi connectivity index (χ0v) is 13.2. The Balaban J connectivity index is 2.37. The number of anilines is 1. The fourth-order valence-electron chi connectivity index (χ4n) is 2.61. The molecule has 1 aliphatic carbocycles. The number of nitrogens with one attached hydrogen (secondary N) is 1. The molecular weight excluding hydrogens is 300 g/mol. The van der Waals surface area contributed by atoms with E-state index in [1.54, 1.807) is 0 Å². The first-order chi connectivity index (χ1) is 10.8. The Morgan fingerprint density at radius 1 is 1.26 bits per heavy atom. The van der Waals surface area contributed by atoms with Gasteiger partial charge in [0.2, 0.25) is 0 Å². The Hall–Kier alpha value is -2.77. The summed E-state index contributed by atoms with van der Waals surface area (Å²) in [7, 11) is 0. The van der Waals surface area contributed by atoms with Crippen molar-refractivity contribution < 1.29 is 9.85 Å². The van der Waals surface area contributed by atoms with Crippen LogP contribution in [0.1, 0.15) is 33.6 Å². The molecule has 0 aromatic heterocycles. The Labute approximate surface area is 133 Å². The molecule has 1 aromatic rings. The molecule has 0 spiro atoms. The number of hydrogen-bond acceptors (Lipinski definition) is 6. The molecule has 2 rings (SSSR count). The molecule has 1 aromatic carbocycles. The minimum absolute atomic E-state index is 0.139. The molecule has 8 nitrogen and oxygen atoms in total. The van der Waals surface area contributed by atoms with E-state index in [1.807, 2.05) is 13.8 Å². The van der Waals surface area contributed by atoms with Crippen molar-refractivity contribution in [3.8, 4) is 0 Å². The average molecular weight is 318 g/mol. The molecule has 1 aliphatic rings. The van der Waals surface area contributed by atoms with Crippen molar-refractivity contribution in [1.29, 1.82) is 0 Å². The third kappa shape index (κ3) is 3.53. The Kier molecular flexibility index (Phi) is 4.73. The van der Waals surface area contributed by atoms with Crippen LogP contribution in [0.5, 0.6) is 0 Å². The summed E-state index contributed by atoms with van der Waals surface area (Å²) < 4.78 is 0. The second kappa shape index (κ2) is 6.55. The molecule has 0 saturated heterocycles. The molecule has 1 N–H and O–H groups in total. The van der Waals surface area contributed by atoms with Crippen LogP contribution in [0.15, 0.2) is 34.4 Å². The van der Waals surface area contributed by atoms with Crippen molar-refractivity contribution in [1.82, 2.24) is 0 Å². The number of rotatable bonds is 4. The van der Waals surface area contributed by atoms with Crippen LogP contribution in [-0.4, -0.2) is 15.6 Å². The molecule has 0 radical (unpaired) electrons. The Morgan fingerprint density at radius 2 is 1.96 bits per heavy atom. The average Bonchev–Trinajstić information content (AvgIpc) is 2.85. The summed E-state index contributed by atoms with van der Waals surface area (Å²) in [5, 5.41) is 26.2. The third-order valence-corrected chi connectivity index (χ3v) is 3.89. The van der Waals surface area contributed by atoms with Crippen LogP contribution in [0.3, 0.4) is 0 Å². The van der Waals surface area contributed by atoms with Crippen molar-refractivity contribution in [3.05, 3.63) is 49.6 Å². The van der Waals surface area contributed by atoms with Gasteiger partial charge < -0.3 is 0 Å². The minimum atomic E-state index is -0.664. The van der Waals surface area contributed by atoms with Gasteiger partial charge in [-0.3, -0.25) is 25.7 Å². The first kappa shape index (κ1) is 16.6. The standard InChI is InChI=1S/C15H18N4O4/c1-9(2)12-6-4-10(3)15(12)17-16-13-7-5-11(18(20)21)8-14(13)19(22)23/h5,7-8,10,16H,4,6H2,1-3H3/b17-15+. The number of hydrogen-bond donors (Lipinski definition) is 1. The van der Waals surface area contributed by atoms with E-state index < -0.39 is 9.85 Å². The summed E-state index contributed by atoms with van der Waals surface area (Å²) >= 11 is 0. The van der Waals surface area contributed by atoms with Gasteiger partial charge in [0.15, 0.2) is 0 Å². The molecule has 1 unspecified atom stereocenters. The lowest BCUT2D eigenvalue weighted by molar-refractivity contribution is -0.393. The third-order valence-electron chi connectivity index (χ3n) is 3.89. The zero-order valence-electron chi connectivity index (χ0n) is 13.2. The summed E-state index contributed by atoms with van der Waals surface area (Å²) in [4.78, 5) is 20.5. The first-order valence-corrected chi connectivity index (χ1v) is 7.24. The minimum Gasteiger partial charge on any atom is -0.271 e. The van der Waals surface area contributed by atoms with Crippen LogP contribution >= 0.6 is 0 Å². The van der Waals surface area contributed by atoms with E-state index in [4.69, 9.17) is 0 Å². The predicted molar refractivity (Wildman–Crippen MR) is 87.6 cm³/mol. The highest BCUT2D eigenvalue weighted by Crippen LogP contribution is 2.32. The lowest BCUT2D eigenvalue weighted by atomic mass is 10.1. The lowest BCUT2D eigenvalue weighted by Gasteiger charge is -2.08. The second-order valence-electron chi connectivity index (χ2n) is 5.74. The smallest absolute Gasteiger partial charge is 0.271 e. The number of allylic oxidation sites excluding steroid dienone is 2. The van der Waals surface area contributed by atoms with Gasteiger partial charge in [0.1, 0.15) is 5.69 Å². The van der Waals surface area contributed by atoms with Gasteiger partial charge in [-0.1, -0.05) is 12.5 Å². The number of nitro benzene ring substituents is 2. The second-order valence-corrected chi connectivity index (χ2v) is 5.74. The first-order valence-electron chi connectivity index (χ1n) is 7.24. The summed E-state index contributed by atoms with van der Waals surface area (Å²) in [6, 6.07) is 3.46. The van der Waals surface area contributed by atoms with E-state index in [0.29, 0.717) is 0 Å². The van der Waals surface area contributed by atoms with Crippen molar-refractivity contribution in [2.45, 2.75) is 33.6 Å². The number of hydrazone groups is 1. The predicted octanol–water partition coefficient (Wildman–Crippen LogP) is 4.04. The molecule has 8 heteroatoms. The monoisotopic (exact) mass is 318 g/mol. The van der Waals surface area contributed by atoms with Gasteiger partial charge in [-0.05, 0) is 38.3 Å². The summed E-state index contributed by atoms with van der Waals surface area (Å²) in [6.07, 6.45) is 1.93. The van der Waals surface area contributed by atoms with Gasteiger partial charge in [0.25, 0.3) is 5.69 Å². The Bertz CT molecular complexity index is 720. The highest BCUT2D eigenvalue weighted by Gasteiger charge is 2.25. The normalized spacial score (nSPS) is 19.0. The highest BCUT2D eigenvalue weighted by atomic mass is 16.6. The maximum atomic E-state index is 11.1. The van der Waals surface area contributed by atoms with E-state index in [1.165, 1.54) is 17.7 Å². The van der Waals surface area contributed by atoms with Gasteiger partial charge in [-0.2, -0.15) is 5.10 Å². The van der Waals surface area contributed by atoms with Gasteiger partial charge in [-0.15, -0.1) is 0 Å². The maximum absolute atomic E-state index is 11.1. The fraction of sp³-hybridized carbons (Fsp3) is 0.400. The highest BCUT2D eigenvalue weighted by molar-refractivity contribution is 6.04. The zero-order chi connectivity index (χ0) is 17.1. The van der Waals surface area contributed by atoms with Gasteiger partial charge in [0.05, 0.1) is 21.6 Å². The van der Waals surface area contributed by atoms with Crippen molar-refractivity contribution >= 4 is 22.8 Å². The van der Waals surface area contributed by atoms with Crippen LogP contribution in [0.25, 0.3) is 0 Å². The Morgan fingerprint density at radius 3 is 2.52 bits per heavy atom. The van der Waals surface area contributed by atoms with E-state index in [9.17, 15) is 20.2 Å². The van der Waals surface area contributed by atoms with Crippen LogP contribution < -0.4 is 5.43 Å². The summed E-state index contributed by atoms with van der Waals surface area (Å²) in [5.74, 6) is 0.268. The van der Waals surface area contributed by atoms with Gasteiger partial charge in [0, 0.05) is 12.0 Å². The van der Waals surface area contributed by atoms with E-state index in [2.05, 4.69) is 17.5 Å². The summed E-state index contributed by atoms with van der Waals surface area (Å²) in [6.45, 7) is 6.08. The van der Waals surface area contributed by atoms with Gasteiger partial charge in [-0.25, -0.2) is 0 Å². The molecule has 122 valence electrons. The van der Waals surface area contributed by atoms with Crippen LogP contribution in [0, 0.1) is 26.1 Å². The van der Waals surface area contributed by atoms with Gasteiger partial charge >= 0.3 is 5.69 Å². The molecule has 0 bridgehead atoms. The molecular formula is C15H18N4O4. The molecule has 0 aliphatic heterocycles. The van der Waals surface area contributed by atoms with E-state index >= 15 is 0 Å². The van der Waals surface area contributed by atoms with Crippen LogP contribution in [-0.2, 0) is 0 Å². The van der Waals surface area contributed by atoms with E-state index in [-0.39, 0.29) is 23.0 Å². The molecule has 0 heterocycles. The number of nitrogens with zero attached hydrogens (tertiary/aromatic N) is 3. The largest absolute Gasteiger partial charge is 0.301 e. The molecule has 1 saturated carbocycles. The maximum Gasteiger partial charge on any atom is 0.301 e. The molecule has 0 amide bonds.